The maximum atomic E-state index is 13.1. The molecule has 4 rings (SSSR count). The van der Waals surface area contributed by atoms with Gasteiger partial charge in [0.25, 0.3) is 5.91 Å². The van der Waals surface area contributed by atoms with Gasteiger partial charge in [-0.1, -0.05) is 48.5 Å². The first-order valence-electron chi connectivity index (χ1n) is 13.4. The summed E-state index contributed by atoms with van der Waals surface area (Å²) >= 11 is 0. The van der Waals surface area contributed by atoms with Gasteiger partial charge in [-0.05, 0) is 41.8 Å². The van der Waals surface area contributed by atoms with Crippen molar-refractivity contribution in [1.29, 1.82) is 0 Å². The van der Waals surface area contributed by atoms with E-state index in [0.717, 1.165) is 27.6 Å². The molecule has 41 heavy (non-hydrogen) atoms. The average molecular weight is 560 g/mol. The van der Waals surface area contributed by atoms with Crippen molar-refractivity contribution in [3.63, 3.8) is 0 Å². The van der Waals surface area contributed by atoms with E-state index in [1.165, 1.54) is 14.0 Å². The first-order valence-corrected chi connectivity index (χ1v) is 13.4. The maximum Gasteiger partial charge on any atom is 0.309 e. The highest BCUT2D eigenvalue weighted by molar-refractivity contribution is 5.83. The van der Waals surface area contributed by atoms with Crippen LogP contribution in [0, 0.1) is 0 Å². The third-order valence-electron chi connectivity index (χ3n) is 6.82. The number of nitrogens with one attached hydrogen (secondary N) is 2. The highest BCUT2D eigenvalue weighted by Crippen LogP contribution is 2.22. The third kappa shape index (κ3) is 8.11. The average Bonchev–Trinajstić information content (AvgIpc) is 3.39. The molecule has 2 amide bonds. The van der Waals surface area contributed by atoms with Crippen molar-refractivity contribution in [3.8, 4) is 11.5 Å². The van der Waals surface area contributed by atoms with Gasteiger partial charge in [0.1, 0.15) is 11.5 Å². The lowest BCUT2D eigenvalue weighted by Crippen LogP contribution is -2.47. The van der Waals surface area contributed by atoms with Crippen LogP contribution in [-0.4, -0.2) is 61.1 Å². The van der Waals surface area contributed by atoms with E-state index in [0.29, 0.717) is 31.0 Å². The molecule has 4 aromatic rings. The van der Waals surface area contributed by atoms with Crippen molar-refractivity contribution >= 4 is 28.7 Å². The number of hydrogen-bond donors (Lipinski definition) is 2. The van der Waals surface area contributed by atoms with Crippen molar-refractivity contribution in [2.45, 2.75) is 32.4 Å². The van der Waals surface area contributed by atoms with Gasteiger partial charge < -0.3 is 29.4 Å². The smallest absolute Gasteiger partial charge is 0.309 e. The van der Waals surface area contributed by atoms with Crippen LogP contribution in [-0.2, 0) is 38.5 Å². The Morgan fingerprint density at radius 3 is 2.41 bits per heavy atom. The highest BCUT2D eigenvalue weighted by Gasteiger charge is 2.22. The van der Waals surface area contributed by atoms with E-state index in [4.69, 9.17) is 14.2 Å². The molecular weight excluding hydrogens is 522 g/mol. The molecule has 1 aromatic heterocycles. The van der Waals surface area contributed by atoms with Crippen molar-refractivity contribution in [3.05, 3.63) is 95.7 Å². The van der Waals surface area contributed by atoms with Crippen LogP contribution in [0.25, 0.3) is 10.9 Å². The summed E-state index contributed by atoms with van der Waals surface area (Å²) in [6.07, 6.45) is 2.61. The van der Waals surface area contributed by atoms with Crippen LogP contribution in [0.3, 0.4) is 0 Å². The minimum absolute atomic E-state index is 0. The molecule has 0 saturated heterocycles. The molecule has 0 spiro atoms. The van der Waals surface area contributed by atoms with Gasteiger partial charge in [-0.15, -0.1) is 0 Å². The standard InChI is InChI=1S/C32H35N3O6.H2/c1-22(36)35(19-24-8-4-7-11-30(24)39-2)20-26(17-25-18-33-29-10-6-5-9-28(25)29)34-31(37)21-41-27-14-12-23(13-15-27)16-32(38)40-3;/h4-15,18,26,33H,16-17,19-21H2,1-3H3,(H,34,37);1H. The molecule has 1 unspecified atom stereocenters. The van der Waals surface area contributed by atoms with Gasteiger partial charge in [-0.25, -0.2) is 0 Å². The van der Waals surface area contributed by atoms with Gasteiger partial charge >= 0.3 is 5.97 Å². The van der Waals surface area contributed by atoms with Crippen LogP contribution in [0.2, 0.25) is 0 Å². The van der Waals surface area contributed by atoms with Crippen molar-refractivity contribution in [2.75, 3.05) is 27.4 Å². The summed E-state index contributed by atoms with van der Waals surface area (Å²) in [5.74, 6) is 0.446. The Bertz CT molecular complexity index is 1490. The van der Waals surface area contributed by atoms with Crippen molar-refractivity contribution in [1.82, 2.24) is 15.2 Å². The zero-order chi connectivity index (χ0) is 29.2. The molecule has 0 fully saturated rings. The highest BCUT2D eigenvalue weighted by atomic mass is 16.5. The third-order valence-corrected chi connectivity index (χ3v) is 6.82. The number of para-hydroxylation sites is 2. The molecule has 0 aliphatic rings. The summed E-state index contributed by atoms with van der Waals surface area (Å²) in [4.78, 5) is 42.2. The van der Waals surface area contributed by atoms with Crippen molar-refractivity contribution < 1.29 is 30.0 Å². The lowest BCUT2D eigenvalue weighted by atomic mass is 10.0. The lowest BCUT2D eigenvalue weighted by molar-refractivity contribution is -0.139. The molecule has 1 atom stereocenters. The summed E-state index contributed by atoms with van der Waals surface area (Å²) < 4.78 is 15.9. The number of H-pyrrole nitrogens is 1. The van der Waals surface area contributed by atoms with Gasteiger partial charge in [0.2, 0.25) is 5.91 Å². The number of amides is 2. The number of aromatic nitrogens is 1. The number of benzene rings is 3. The molecule has 0 saturated carbocycles. The zero-order valence-electron chi connectivity index (χ0n) is 23.5. The second-order valence-corrected chi connectivity index (χ2v) is 9.72. The first-order chi connectivity index (χ1) is 19.9. The number of fused-ring (bicyclic) bond motifs is 1. The molecule has 9 heteroatoms. The van der Waals surface area contributed by atoms with Crippen molar-refractivity contribution in [2.24, 2.45) is 0 Å². The molecule has 3 aromatic carbocycles. The van der Waals surface area contributed by atoms with Gasteiger partial charge in [-0.3, -0.25) is 14.4 Å². The number of rotatable bonds is 13. The van der Waals surface area contributed by atoms with Crippen LogP contribution >= 0.6 is 0 Å². The molecule has 0 radical (unpaired) electrons. The lowest BCUT2D eigenvalue weighted by Gasteiger charge is -2.28. The molecule has 0 aliphatic carbocycles. The summed E-state index contributed by atoms with van der Waals surface area (Å²) in [6, 6.07) is 22.1. The Morgan fingerprint density at radius 1 is 0.951 bits per heavy atom. The fraction of sp³-hybridized carbons (Fsp3) is 0.281. The molecule has 216 valence electrons. The van der Waals surface area contributed by atoms with Crippen LogP contribution in [0.4, 0.5) is 0 Å². The topological polar surface area (TPSA) is 110 Å². The predicted molar refractivity (Wildman–Crippen MR) is 158 cm³/mol. The van der Waals surface area contributed by atoms with Gasteiger partial charge in [0, 0.05) is 44.1 Å². The number of carbonyl (C=O) groups is 3. The summed E-state index contributed by atoms with van der Waals surface area (Å²) in [5, 5.41) is 4.13. The van der Waals surface area contributed by atoms with E-state index in [1.54, 1.807) is 36.3 Å². The number of aromatic amines is 1. The predicted octanol–water partition coefficient (Wildman–Crippen LogP) is 4.29. The normalized spacial score (nSPS) is 11.5. The van der Waals surface area contributed by atoms with E-state index in [2.05, 4.69) is 10.3 Å². The Balaban J connectivity index is 0.00000484. The fourth-order valence-electron chi connectivity index (χ4n) is 4.70. The number of hydrogen-bond acceptors (Lipinski definition) is 6. The summed E-state index contributed by atoms with van der Waals surface area (Å²) in [7, 11) is 2.95. The second kappa shape index (κ2) is 14.0. The second-order valence-electron chi connectivity index (χ2n) is 9.72. The number of carbonyl (C=O) groups excluding carboxylic acids is 3. The summed E-state index contributed by atoms with van der Waals surface area (Å²) in [6.45, 7) is 1.95. The van der Waals surface area contributed by atoms with Crippen LogP contribution in [0.5, 0.6) is 11.5 Å². The molecule has 0 aliphatic heterocycles. The van der Waals surface area contributed by atoms with Crippen LogP contribution in [0.1, 0.15) is 25.0 Å². The van der Waals surface area contributed by atoms with Gasteiger partial charge in [0.05, 0.1) is 26.7 Å². The Kier molecular flexibility index (Phi) is 9.99. The monoisotopic (exact) mass is 559 g/mol. The van der Waals surface area contributed by atoms with Gasteiger partial charge in [-0.2, -0.15) is 0 Å². The fourth-order valence-corrected chi connectivity index (χ4v) is 4.70. The molecule has 1 heterocycles. The minimum atomic E-state index is -0.383. The van der Waals surface area contributed by atoms with Crippen LogP contribution in [0.15, 0.2) is 79.0 Å². The van der Waals surface area contributed by atoms with E-state index >= 15 is 0 Å². The number of nitrogens with zero attached hydrogens (tertiary/aromatic N) is 1. The van der Waals surface area contributed by atoms with E-state index in [-0.39, 0.29) is 38.3 Å². The SMILES string of the molecule is COC(=O)Cc1ccc(OCC(=O)NC(Cc2c[nH]c3ccccc23)CN(Cc2ccccc2OC)C(C)=O)cc1.[HH]. The van der Waals surface area contributed by atoms with Crippen LogP contribution < -0.4 is 14.8 Å². The Morgan fingerprint density at radius 2 is 1.68 bits per heavy atom. The van der Waals surface area contributed by atoms with E-state index in [1.807, 2.05) is 54.7 Å². The van der Waals surface area contributed by atoms with Gasteiger partial charge in [0.15, 0.2) is 6.61 Å². The Hall–Kier alpha value is -4.79. The molecule has 0 bridgehead atoms. The molecular formula is C32H37N3O6. The van der Waals surface area contributed by atoms with E-state index in [9.17, 15) is 14.4 Å². The first kappa shape index (κ1) is 29.2. The summed E-state index contributed by atoms with van der Waals surface area (Å²) in [5.41, 5.74) is 3.70. The quantitative estimate of drug-likeness (QED) is 0.237. The number of methoxy groups -OCH3 is 2. The number of ether oxygens (including phenoxy) is 3. The largest absolute Gasteiger partial charge is 0.496 e. The maximum absolute atomic E-state index is 13.1. The zero-order valence-corrected chi connectivity index (χ0v) is 23.5. The van der Waals surface area contributed by atoms with E-state index < -0.39 is 0 Å². The Labute approximate surface area is 240 Å². The molecule has 2 N–H and O–H groups in total. The number of esters is 1. The minimum Gasteiger partial charge on any atom is -0.496 e. The molecule has 9 nitrogen and oxygen atoms in total.